The standard InChI is InChI=1S/C17H19N3O8/c1-26-10-4-2-9(3-5-10)16(24)28-19-12-6-7-20(17(25)18-12)15-14(23)13(22)11(8-21)27-15/h2-7,11,13-15,21-23H,8H2,1H3,(H,18,19,25)/t11-,13-,14-,15-/m1/s1. The van der Waals surface area contributed by atoms with Crippen LogP contribution in [0.15, 0.2) is 41.3 Å². The third-order valence-corrected chi connectivity index (χ3v) is 4.20. The first-order chi connectivity index (χ1) is 13.4. The fraction of sp³-hybridized carbons (Fsp3) is 0.353. The van der Waals surface area contributed by atoms with Crippen LogP contribution in [0.4, 0.5) is 5.82 Å². The Kier molecular flexibility index (Phi) is 5.90. The average molecular weight is 393 g/mol. The van der Waals surface area contributed by atoms with E-state index in [4.69, 9.17) is 19.4 Å². The lowest BCUT2D eigenvalue weighted by molar-refractivity contribution is -0.0549. The first-order valence-electron chi connectivity index (χ1n) is 8.27. The largest absolute Gasteiger partial charge is 0.497 e. The molecule has 11 nitrogen and oxygen atoms in total. The Morgan fingerprint density at radius 2 is 1.96 bits per heavy atom. The minimum Gasteiger partial charge on any atom is -0.497 e. The van der Waals surface area contributed by atoms with Crippen molar-refractivity contribution in [3.63, 3.8) is 0 Å². The Bertz CT molecular complexity index is 885. The molecule has 1 fully saturated rings. The van der Waals surface area contributed by atoms with E-state index in [1.807, 2.05) is 0 Å². The second-order valence-corrected chi connectivity index (χ2v) is 5.95. The fourth-order valence-electron chi connectivity index (χ4n) is 2.66. The number of aliphatic hydroxyl groups excluding tert-OH is 3. The van der Waals surface area contributed by atoms with Crippen LogP contribution in [0, 0.1) is 0 Å². The molecule has 2 heterocycles. The van der Waals surface area contributed by atoms with Crippen LogP contribution in [0.5, 0.6) is 5.75 Å². The topological polar surface area (TPSA) is 152 Å². The van der Waals surface area contributed by atoms with Gasteiger partial charge in [0.05, 0.1) is 19.3 Å². The van der Waals surface area contributed by atoms with Crippen molar-refractivity contribution in [1.29, 1.82) is 0 Å². The molecule has 3 rings (SSSR count). The highest BCUT2D eigenvalue weighted by molar-refractivity contribution is 5.89. The van der Waals surface area contributed by atoms with Crippen molar-refractivity contribution in [3.05, 3.63) is 52.6 Å². The number of rotatable bonds is 6. The van der Waals surface area contributed by atoms with Crippen LogP contribution in [-0.4, -0.2) is 62.9 Å². The molecule has 150 valence electrons. The number of hydrogen-bond donors (Lipinski definition) is 4. The summed E-state index contributed by atoms with van der Waals surface area (Å²) in [6, 6.07) is 7.53. The molecule has 11 heteroatoms. The number of nitrogens with one attached hydrogen (secondary N) is 1. The van der Waals surface area contributed by atoms with Gasteiger partial charge in [-0.25, -0.2) is 9.59 Å². The van der Waals surface area contributed by atoms with E-state index < -0.39 is 42.8 Å². The van der Waals surface area contributed by atoms with E-state index in [0.717, 1.165) is 4.57 Å². The van der Waals surface area contributed by atoms with Crippen molar-refractivity contribution >= 4 is 11.8 Å². The van der Waals surface area contributed by atoms with Gasteiger partial charge in [0.2, 0.25) is 0 Å². The molecule has 0 unspecified atom stereocenters. The lowest BCUT2D eigenvalue weighted by atomic mass is 10.1. The van der Waals surface area contributed by atoms with Gasteiger partial charge in [0, 0.05) is 12.3 Å². The molecule has 1 aliphatic heterocycles. The molecule has 0 radical (unpaired) electrons. The Labute approximate surface area is 158 Å². The van der Waals surface area contributed by atoms with Crippen LogP contribution in [0.2, 0.25) is 0 Å². The number of hydrogen-bond acceptors (Lipinski definition) is 10. The van der Waals surface area contributed by atoms with Crippen molar-refractivity contribution in [2.75, 3.05) is 19.2 Å². The van der Waals surface area contributed by atoms with Gasteiger partial charge in [-0.1, -0.05) is 0 Å². The van der Waals surface area contributed by atoms with E-state index in [2.05, 4.69) is 10.5 Å². The van der Waals surface area contributed by atoms with E-state index in [-0.39, 0.29) is 11.4 Å². The van der Waals surface area contributed by atoms with Crippen molar-refractivity contribution in [1.82, 2.24) is 9.55 Å². The maximum absolute atomic E-state index is 12.2. The average Bonchev–Trinajstić information content (AvgIpc) is 3.00. The summed E-state index contributed by atoms with van der Waals surface area (Å²) in [7, 11) is 1.50. The van der Waals surface area contributed by atoms with Crippen LogP contribution in [0.25, 0.3) is 0 Å². The minimum absolute atomic E-state index is 0.0464. The van der Waals surface area contributed by atoms with Gasteiger partial charge in [0.15, 0.2) is 12.0 Å². The molecular weight excluding hydrogens is 374 g/mol. The highest BCUT2D eigenvalue weighted by atomic mass is 16.7. The molecule has 0 aliphatic carbocycles. The zero-order valence-corrected chi connectivity index (χ0v) is 14.8. The second kappa shape index (κ2) is 8.35. The summed E-state index contributed by atoms with van der Waals surface area (Å²) in [6.45, 7) is -0.516. The Morgan fingerprint density at radius 3 is 2.54 bits per heavy atom. The van der Waals surface area contributed by atoms with Crippen molar-refractivity contribution < 1.29 is 34.4 Å². The minimum atomic E-state index is -1.41. The number of ether oxygens (including phenoxy) is 2. The van der Waals surface area contributed by atoms with Crippen LogP contribution < -0.4 is 15.9 Å². The summed E-state index contributed by atoms with van der Waals surface area (Å²) < 4.78 is 11.2. The summed E-state index contributed by atoms with van der Waals surface area (Å²) in [4.78, 5) is 32.7. The molecule has 0 bridgehead atoms. The van der Waals surface area contributed by atoms with Crippen LogP contribution in [-0.2, 0) is 9.57 Å². The van der Waals surface area contributed by atoms with E-state index in [9.17, 15) is 19.8 Å². The maximum atomic E-state index is 12.2. The quantitative estimate of drug-likeness (QED) is 0.452. The number of carbonyl (C=O) groups is 1. The summed E-state index contributed by atoms with van der Waals surface area (Å²) in [5, 5.41) is 28.9. The number of aliphatic hydroxyl groups is 3. The van der Waals surface area contributed by atoms with Gasteiger partial charge in [-0.2, -0.15) is 10.5 Å². The first-order valence-corrected chi connectivity index (χ1v) is 8.27. The smallest absolute Gasteiger partial charge is 0.362 e. The number of aromatic nitrogens is 2. The Balaban J connectivity index is 1.66. The van der Waals surface area contributed by atoms with Crippen LogP contribution in [0.3, 0.4) is 0 Å². The first kappa shape index (κ1) is 19.8. The zero-order valence-electron chi connectivity index (χ0n) is 14.8. The molecule has 1 aromatic carbocycles. The molecule has 1 aromatic heterocycles. The molecule has 1 aliphatic rings. The Morgan fingerprint density at radius 1 is 1.25 bits per heavy atom. The SMILES string of the molecule is COc1ccc(C(=O)ONc2ccn([C@@H]3O[C@H](CO)[C@@H](O)[C@H]3O)c(=O)n2)cc1. The lowest BCUT2D eigenvalue weighted by Crippen LogP contribution is -2.36. The highest BCUT2D eigenvalue weighted by Gasteiger charge is 2.43. The maximum Gasteiger partial charge on any atom is 0.362 e. The van der Waals surface area contributed by atoms with E-state index in [1.54, 1.807) is 12.1 Å². The molecular formula is C17H19N3O8. The molecule has 0 spiro atoms. The normalized spacial score (nSPS) is 24.0. The summed E-state index contributed by atoms with van der Waals surface area (Å²) in [6.07, 6.45) is -3.73. The third-order valence-electron chi connectivity index (χ3n) is 4.20. The molecule has 28 heavy (non-hydrogen) atoms. The van der Waals surface area contributed by atoms with Crippen LogP contribution in [0.1, 0.15) is 16.6 Å². The van der Waals surface area contributed by atoms with Gasteiger partial charge >= 0.3 is 11.7 Å². The van der Waals surface area contributed by atoms with E-state index in [0.29, 0.717) is 5.75 Å². The third kappa shape index (κ3) is 3.97. The van der Waals surface area contributed by atoms with Crippen molar-refractivity contribution in [3.8, 4) is 5.75 Å². The van der Waals surface area contributed by atoms with Gasteiger partial charge in [0.25, 0.3) is 0 Å². The predicted octanol–water partition coefficient (Wildman–Crippen LogP) is -0.953. The van der Waals surface area contributed by atoms with Gasteiger partial charge in [-0.15, -0.1) is 0 Å². The summed E-state index contributed by atoms with van der Waals surface area (Å²) in [5.74, 6) is -0.161. The van der Waals surface area contributed by atoms with Gasteiger partial charge < -0.3 is 29.6 Å². The van der Waals surface area contributed by atoms with Crippen molar-refractivity contribution in [2.24, 2.45) is 0 Å². The number of nitrogens with zero attached hydrogens (tertiary/aromatic N) is 2. The number of anilines is 1. The van der Waals surface area contributed by atoms with Crippen LogP contribution >= 0.6 is 0 Å². The van der Waals surface area contributed by atoms with E-state index >= 15 is 0 Å². The fourth-order valence-corrected chi connectivity index (χ4v) is 2.66. The molecule has 4 N–H and O–H groups in total. The molecule has 2 aromatic rings. The Hall–Kier alpha value is -2.99. The van der Waals surface area contributed by atoms with E-state index in [1.165, 1.54) is 31.5 Å². The molecule has 4 atom stereocenters. The highest BCUT2D eigenvalue weighted by Crippen LogP contribution is 2.28. The number of carbonyl (C=O) groups excluding carboxylic acids is 1. The number of methoxy groups -OCH3 is 1. The summed E-state index contributed by atoms with van der Waals surface area (Å²) >= 11 is 0. The monoisotopic (exact) mass is 393 g/mol. The van der Waals surface area contributed by atoms with Gasteiger partial charge in [-0.3, -0.25) is 4.57 Å². The predicted molar refractivity (Wildman–Crippen MR) is 93.5 cm³/mol. The van der Waals surface area contributed by atoms with Gasteiger partial charge in [-0.05, 0) is 24.3 Å². The van der Waals surface area contributed by atoms with Crippen molar-refractivity contribution in [2.45, 2.75) is 24.5 Å². The summed E-state index contributed by atoms with van der Waals surface area (Å²) in [5.41, 5.74) is 1.71. The zero-order chi connectivity index (χ0) is 20.3. The second-order valence-electron chi connectivity index (χ2n) is 5.95. The lowest BCUT2D eigenvalue weighted by Gasteiger charge is -2.17. The molecule has 0 saturated carbocycles. The molecule has 1 saturated heterocycles. The number of benzene rings is 1. The molecule has 0 amide bonds. The van der Waals surface area contributed by atoms with Gasteiger partial charge in [0.1, 0.15) is 24.1 Å².